The zero-order chi connectivity index (χ0) is 6.73. The molecule has 8 heavy (non-hydrogen) atoms. The number of nitrogens with one attached hydrogen (secondary N) is 1. The van der Waals surface area contributed by atoms with Gasteiger partial charge in [0.05, 0.1) is 0 Å². The molecule has 3 nitrogen and oxygen atoms in total. The van der Waals surface area contributed by atoms with Crippen LogP contribution in [0, 0.1) is 5.41 Å². The molecule has 0 radical (unpaired) electrons. The molecule has 4 heteroatoms. The standard InChI is InChI=1S/C4H7NO2P/c1-3(6)4(5)8(2)7/h5H,1-2H3/q+1. The van der Waals surface area contributed by atoms with Crippen LogP contribution in [0.2, 0.25) is 0 Å². The lowest BCUT2D eigenvalue weighted by atomic mass is 10.5. The molecule has 0 aromatic carbocycles. The Hall–Kier alpha value is -0.560. The van der Waals surface area contributed by atoms with Gasteiger partial charge < -0.3 is 0 Å². The molecule has 1 atom stereocenters. The highest BCUT2D eigenvalue weighted by Crippen LogP contribution is 2.14. The van der Waals surface area contributed by atoms with Gasteiger partial charge in [-0.2, -0.15) is 0 Å². The van der Waals surface area contributed by atoms with Crippen LogP contribution in [-0.2, 0) is 9.36 Å². The van der Waals surface area contributed by atoms with E-state index in [-0.39, 0.29) is 5.45 Å². The lowest BCUT2D eigenvalue weighted by molar-refractivity contribution is -0.110. The van der Waals surface area contributed by atoms with Gasteiger partial charge in [0.2, 0.25) is 5.78 Å². The molecule has 0 fully saturated rings. The molecule has 0 saturated heterocycles. The topological polar surface area (TPSA) is 58.0 Å². The van der Waals surface area contributed by atoms with Crippen LogP contribution in [0.25, 0.3) is 0 Å². The maximum Gasteiger partial charge on any atom is 0.397 e. The van der Waals surface area contributed by atoms with Crippen molar-refractivity contribution < 1.29 is 9.36 Å². The molecule has 0 saturated carbocycles. The first-order valence-corrected chi connectivity index (χ1v) is 3.76. The van der Waals surface area contributed by atoms with Crippen molar-refractivity contribution in [2.75, 3.05) is 6.66 Å². The summed E-state index contributed by atoms with van der Waals surface area (Å²) in [5, 5.41) is 6.76. The van der Waals surface area contributed by atoms with Gasteiger partial charge in [-0.1, -0.05) is 4.57 Å². The van der Waals surface area contributed by atoms with E-state index in [2.05, 4.69) is 0 Å². The summed E-state index contributed by atoms with van der Waals surface area (Å²) in [6.45, 7) is 2.58. The van der Waals surface area contributed by atoms with Crippen LogP contribution in [0.15, 0.2) is 0 Å². The SMILES string of the molecule is CC(=O)C(=N)[P+](C)=O. The average Bonchev–Trinajstić information content (AvgIpc) is 1.64. The number of hydrogen-bond donors (Lipinski definition) is 1. The first-order valence-electron chi connectivity index (χ1n) is 2.06. The van der Waals surface area contributed by atoms with Crippen LogP contribution in [0.4, 0.5) is 0 Å². The van der Waals surface area contributed by atoms with Crippen LogP contribution in [0.1, 0.15) is 6.92 Å². The van der Waals surface area contributed by atoms with Crippen LogP contribution >= 0.6 is 7.80 Å². The number of carbonyl (C=O) groups excluding carboxylic acids is 1. The summed E-state index contributed by atoms with van der Waals surface area (Å²) in [5.41, 5.74) is -0.278. The van der Waals surface area contributed by atoms with Crippen molar-refractivity contribution in [3.05, 3.63) is 0 Å². The average molecular weight is 132 g/mol. The van der Waals surface area contributed by atoms with Crippen molar-refractivity contribution in [1.82, 2.24) is 0 Å². The molecule has 0 aliphatic heterocycles. The molecule has 0 aromatic heterocycles. The summed E-state index contributed by atoms with van der Waals surface area (Å²) >= 11 is 0. The second-order valence-electron chi connectivity index (χ2n) is 1.40. The molecule has 0 amide bonds. The van der Waals surface area contributed by atoms with E-state index >= 15 is 0 Å². The van der Waals surface area contributed by atoms with Gasteiger partial charge in [0.25, 0.3) is 0 Å². The maximum absolute atomic E-state index is 10.3. The van der Waals surface area contributed by atoms with E-state index in [0.717, 1.165) is 0 Å². The summed E-state index contributed by atoms with van der Waals surface area (Å²) in [6, 6.07) is 0. The summed E-state index contributed by atoms with van der Waals surface area (Å²) < 4.78 is 10.3. The normalized spacial score (nSPS) is 10.5. The van der Waals surface area contributed by atoms with E-state index in [1.54, 1.807) is 0 Å². The summed E-state index contributed by atoms with van der Waals surface area (Å²) in [7, 11) is -1.72. The predicted octanol–water partition coefficient (Wildman–Crippen LogP) is 1.01. The molecule has 1 unspecified atom stereocenters. The van der Waals surface area contributed by atoms with E-state index in [1.165, 1.54) is 13.6 Å². The Balaban J connectivity index is 4.05. The molecule has 44 valence electrons. The van der Waals surface area contributed by atoms with Gasteiger partial charge in [-0.3, -0.25) is 10.2 Å². The Morgan fingerprint density at radius 3 is 2.00 bits per heavy atom. The van der Waals surface area contributed by atoms with E-state index in [1.807, 2.05) is 0 Å². The molecule has 0 aliphatic carbocycles. The fourth-order valence-electron chi connectivity index (χ4n) is 0.222. The second kappa shape index (κ2) is 2.68. The van der Waals surface area contributed by atoms with Crippen molar-refractivity contribution in [2.24, 2.45) is 0 Å². The Bertz CT molecular complexity index is 136. The van der Waals surface area contributed by atoms with Gasteiger partial charge in [-0.15, -0.1) is 0 Å². The van der Waals surface area contributed by atoms with Crippen molar-refractivity contribution in [3.8, 4) is 0 Å². The number of ketones is 1. The third-order valence-electron chi connectivity index (χ3n) is 0.648. The van der Waals surface area contributed by atoms with Gasteiger partial charge in [0, 0.05) is 6.92 Å². The Kier molecular flexibility index (Phi) is 2.49. The number of hydrogen-bond acceptors (Lipinski definition) is 3. The quantitative estimate of drug-likeness (QED) is 0.450. The minimum atomic E-state index is -1.72. The van der Waals surface area contributed by atoms with E-state index < -0.39 is 13.6 Å². The van der Waals surface area contributed by atoms with E-state index in [4.69, 9.17) is 5.41 Å². The highest BCUT2D eigenvalue weighted by Gasteiger charge is 2.20. The van der Waals surface area contributed by atoms with Gasteiger partial charge >= 0.3 is 13.3 Å². The molecule has 1 N–H and O–H groups in total. The molecule has 0 aliphatic rings. The van der Waals surface area contributed by atoms with Crippen molar-refractivity contribution >= 4 is 19.0 Å². The number of carbonyl (C=O) groups is 1. The number of rotatable bonds is 2. The monoisotopic (exact) mass is 132 g/mol. The molecule has 0 aromatic rings. The lowest BCUT2D eigenvalue weighted by Crippen LogP contribution is -2.01. The van der Waals surface area contributed by atoms with Crippen LogP contribution in [0.3, 0.4) is 0 Å². The van der Waals surface area contributed by atoms with Crippen molar-refractivity contribution in [2.45, 2.75) is 6.92 Å². The fraction of sp³-hybridized carbons (Fsp3) is 0.500. The third-order valence-corrected chi connectivity index (χ3v) is 1.59. The van der Waals surface area contributed by atoms with Crippen LogP contribution in [0.5, 0.6) is 0 Å². The maximum atomic E-state index is 10.3. The van der Waals surface area contributed by atoms with Gasteiger partial charge in [0.1, 0.15) is 6.66 Å². The minimum absolute atomic E-state index is 0.278. The Labute approximate surface area is 48.4 Å². The first kappa shape index (κ1) is 7.44. The number of Topliss-reactive ketones (excluding diaryl/α,β-unsaturated/α-hetero) is 1. The summed E-state index contributed by atoms with van der Waals surface area (Å²) in [5.74, 6) is -0.409. The lowest BCUT2D eigenvalue weighted by Gasteiger charge is -1.74. The second-order valence-corrected chi connectivity index (χ2v) is 2.84. The Morgan fingerprint density at radius 2 is 2.00 bits per heavy atom. The summed E-state index contributed by atoms with van der Waals surface area (Å²) in [6.07, 6.45) is 0. The molecule has 0 spiro atoms. The van der Waals surface area contributed by atoms with Gasteiger partial charge in [0.15, 0.2) is 0 Å². The highest BCUT2D eigenvalue weighted by molar-refractivity contribution is 7.66. The predicted molar refractivity (Wildman–Crippen MR) is 31.9 cm³/mol. The Morgan fingerprint density at radius 1 is 1.62 bits per heavy atom. The largest absolute Gasteiger partial charge is 0.397 e. The zero-order valence-corrected chi connectivity index (χ0v) is 5.66. The van der Waals surface area contributed by atoms with Crippen LogP contribution in [-0.4, -0.2) is 17.9 Å². The van der Waals surface area contributed by atoms with Gasteiger partial charge in [-0.25, -0.2) is 0 Å². The van der Waals surface area contributed by atoms with Gasteiger partial charge in [-0.05, 0) is 0 Å². The third kappa shape index (κ3) is 1.94. The minimum Gasteiger partial charge on any atom is -0.288 e. The van der Waals surface area contributed by atoms with E-state index in [0.29, 0.717) is 0 Å². The summed E-state index contributed by atoms with van der Waals surface area (Å²) in [4.78, 5) is 10.2. The molecule has 0 rings (SSSR count). The highest BCUT2D eigenvalue weighted by atomic mass is 31.1. The molecular weight excluding hydrogens is 125 g/mol. The van der Waals surface area contributed by atoms with E-state index in [9.17, 15) is 9.36 Å². The van der Waals surface area contributed by atoms with Crippen molar-refractivity contribution in [1.29, 1.82) is 5.41 Å². The molecule has 0 heterocycles. The first-order chi connectivity index (χ1) is 3.55. The molecular formula is C4H7NO2P+. The van der Waals surface area contributed by atoms with Crippen molar-refractivity contribution in [3.63, 3.8) is 0 Å². The van der Waals surface area contributed by atoms with Crippen LogP contribution < -0.4 is 0 Å². The zero-order valence-electron chi connectivity index (χ0n) is 4.76. The smallest absolute Gasteiger partial charge is 0.288 e. The molecule has 0 bridgehead atoms. The fourth-order valence-corrected chi connectivity index (χ4v) is 0.665.